The molecule has 2 fully saturated rings. The Morgan fingerprint density at radius 3 is 2.55 bits per heavy atom. The van der Waals surface area contributed by atoms with Crippen molar-refractivity contribution in [3.05, 3.63) is 42.0 Å². The minimum absolute atomic E-state index is 0.559. The van der Waals surface area contributed by atoms with Crippen LogP contribution in [0, 0.1) is 23.2 Å². The minimum atomic E-state index is 0.559. The van der Waals surface area contributed by atoms with Gasteiger partial charge in [-0.2, -0.15) is 5.26 Å². The van der Waals surface area contributed by atoms with E-state index in [1.807, 2.05) is 24.3 Å². The number of benzene rings is 2. The largest absolute Gasteiger partial charge is 0.486 e. The summed E-state index contributed by atoms with van der Waals surface area (Å²) in [5, 5.41) is 10.1. The minimum Gasteiger partial charge on any atom is -0.486 e. The van der Waals surface area contributed by atoms with E-state index in [0.717, 1.165) is 72.0 Å². The molecule has 3 aliphatic rings. The van der Waals surface area contributed by atoms with Gasteiger partial charge in [0.2, 0.25) is 0 Å². The summed E-state index contributed by atoms with van der Waals surface area (Å²) in [6.07, 6.45) is 6.19. The number of ether oxygens (including phenoxy) is 3. The highest BCUT2D eigenvalue weighted by Crippen LogP contribution is 2.38. The maximum absolute atomic E-state index is 10.1. The molecule has 0 N–H and O–H groups in total. The maximum Gasteiger partial charge on any atom is 0.161 e. The monoisotopic (exact) mass is 418 g/mol. The number of piperidine rings is 1. The number of hydrogen-bond acceptors (Lipinski definition) is 5. The zero-order valence-corrected chi connectivity index (χ0v) is 18.0. The molecule has 1 atom stereocenters. The van der Waals surface area contributed by atoms with Gasteiger partial charge in [-0.25, -0.2) is 0 Å². The Kier molecular flexibility index (Phi) is 5.99. The summed E-state index contributed by atoms with van der Waals surface area (Å²) in [4.78, 5) is 2.40. The van der Waals surface area contributed by atoms with Crippen LogP contribution < -0.4 is 14.4 Å². The van der Waals surface area contributed by atoms with Gasteiger partial charge >= 0.3 is 0 Å². The molecule has 2 aromatic carbocycles. The van der Waals surface area contributed by atoms with Gasteiger partial charge in [-0.3, -0.25) is 0 Å². The van der Waals surface area contributed by atoms with Crippen molar-refractivity contribution in [1.82, 2.24) is 0 Å². The first-order valence-corrected chi connectivity index (χ1v) is 11.6. The van der Waals surface area contributed by atoms with Crippen molar-refractivity contribution < 1.29 is 14.2 Å². The van der Waals surface area contributed by atoms with E-state index in [0.29, 0.717) is 13.2 Å². The van der Waals surface area contributed by atoms with Crippen LogP contribution in [0.1, 0.15) is 37.7 Å². The standard InChI is InChI=1S/C26H30N2O3/c27-17-23-22(21-6-7-25-26(16-21)31-14-13-30-25)4-1-5-24(23)28-10-8-19(9-11-28)15-20-3-2-12-29-18-20/h1,4-7,16,19-20H,2-3,8-15,18H2. The van der Waals surface area contributed by atoms with Crippen LogP contribution in [-0.4, -0.2) is 39.5 Å². The topological polar surface area (TPSA) is 54.7 Å². The summed E-state index contributed by atoms with van der Waals surface area (Å²) in [7, 11) is 0. The third-order valence-electron chi connectivity index (χ3n) is 6.88. The van der Waals surface area contributed by atoms with E-state index in [2.05, 4.69) is 23.1 Å². The highest BCUT2D eigenvalue weighted by molar-refractivity contribution is 5.79. The average Bonchev–Trinajstić information content (AvgIpc) is 2.84. The van der Waals surface area contributed by atoms with Crippen LogP contribution in [0.15, 0.2) is 36.4 Å². The quantitative estimate of drug-likeness (QED) is 0.697. The number of fused-ring (bicyclic) bond motifs is 1. The van der Waals surface area contributed by atoms with Crippen molar-refractivity contribution in [2.75, 3.05) is 44.4 Å². The number of nitriles is 1. The molecule has 0 radical (unpaired) electrons. The van der Waals surface area contributed by atoms with Gasteiger partial charge in [-0.15, -0.1) is 0 Å². The molecule has 5 rings (SSSR count). The van der Waals surface area contributed by atoms with Crippen LogP contribution in [-0.2, 0) is 4.74 Å². The van der Waals surface area contributed by atoms with Crippen LogP contribution in [0.2, 0.25) is 0 Å². The predicted octanol–water partition coefficient (Wildman–Crippen LogP) is 5.03. The Hall–Kier alpha value is -2.71. The first-order chi connectivity index (χ1) is 15.3. The first-order valence-electron chi connectivity index (χ1n) is 11.6. The van der Waals surface area contributed by atoms with Crippen LogP contribution in [0.25, 0.3) is 11.1 Å². The van der Waals surface area contributed by atoms with E-state index in [-0.39, 0.29) is 0 Å². The Balaban J connectivity index is 1.32. The second kappa shape index (κ2) is 9.20. The molecule has 5 heteroatoms. The van der Waals surface area contributed by atoms with E-state index >= 15 is 0 Å². The lowest BCUT2D eigenvalue weighted by Crippen LogP contribution is -2.35. The van der Waals surface area contributed by atoms with Crippen LogP contribution >= 0.6 is 0 Å². The molecular formula is C26H30N2O3. The van der Waals surface area contributed by atoms with Crippen molar-refractivity contribution in [1.29, 1.82) is 5.26 Å². The number of rotatable bonds is 4. The summed E-state index contributed by atoms with van der Waals surface area (Å²) < 4.78 is 17.1. The van der Waals surface area contributed by atoms with E-state index in [9.17, 15) is 5.26 Å². The molecule has 2 saturated heterocycles. The normalized spacial score (nSPS) is 21.5. The summed E-state index contributed by atoms with van der Waals surface area (Å²) in [5.41, 5.74) is 3.75. The zero-order chi connectivity index (χ0) is 21.0. The highest BCUT2D eigenvalue weighted by Gasteiger charge is 2.26. The molecule has 5 nitrogen and oxygen atoms in total. The molecule has 0 spiro atoms. The summed E-state index contributed by atoms with van der Waals surface area (Å²) >= 11 is 0. The fourth-order valence-corrected chi connectivity index (χ4v) is 5.25. The first kappa shape index (κ1) is 20.2. The second-order valence-corrected chi connectivity index (χ2v) is 8.92. The Morgan fingerprint density at radius 2 is 1.77 bits per heavy atom. The molecule has 0 amide bonds. The third kappa shape index (κ3) is 4.36. The highest BCUT2D eigenvalue weighted by atomic mass is 16.6. The summed E-state index contributed by atoms with van der Waals surface area (Å²) in [6, 6.07) is 14.6. The van der Waals surface area contributed by atoms with Crippen molar-refractivity contribution in [3.63, 3.8) is 0 Å². The van der Waals surface area contributed by atoms with Crippen molar-refractivity contribution in [2.45, 2.75) is 32.1 Å². The van der Waals surface area contributed by atoms with Gasteiger partial charge in [0.25, 0.3) is 0 Å². The predicted molar refractivity (Wildman–Crippen MR) is 121 cm³/mol. The van der Waals surface area contributed by atoms with E-state index < -0.39 is 0 Å². The fraction of sp³-hybridized carbons (Fsp3) is 0.500. The summed E-state index contributed by atoms with van der Waals surface area (Å²) in [6.45, 7) is 5.04. The molecule has 1 unspecified atom stereocenters. The van der Waals surface area contributed by atoms with E-state index in [1.165, 1.54) is 32.1 Å². The molecule has 3 aliphatic heterocycles. The van der Waals surface area contributed by atoms with Crippen molar-refractivity contribution >= 4 is 5.69 Å². The number of nitrogens with zero attached hydrogens (tertiary/aromatic N) is 2. The second-order valence-electron chi connectivity index (χ2n) is 8.92. The van der Waals surface area contributed by atoms with Gasteiger partial charge in [-0.05, 0) is 67.7 Å². The Labute approximate surface area is 184 Å². The van der Waals surface area contributed by atoms with Gasteiger partial charge < -0.3 is 19.1 Å². The lowest BCUT2D eigenvalue weighted by Gasteiger charge is -2.36. The Bertz CT molecular complexity index is 954. The lowest BCUT2D eigenvalue weighted by atomic mass is 9.84. The molecule has 162 valence electrons. The Morgan fingerprint density at radius 1 is 0.935 bits per heavy atom. The van der Waals surface area contributed by atoms with Gasteiger partial charge in [0.1, 0.15) is 19.3 Å². The van der Waals surface area contributed by atoms with Crippen LogP contribution in [0.5, 0.6) is 11.5 Å². The van der Waals surface area contributed by atoms with Gasteiger partial charge in [0.05, 0.1) is 11.3 Å². The van der Waals surface area contributed by atoms with E-state index in [1.54, 1.807) is 0 Å². The molecule has 3 heterocycles. The zero-order valence-electron chi connectivity index (χ0n) is 18.0. The third-order valence-corrected chi connectivity index (χ3v) is 6.88. The van der Waals surface area contributed by atoms with E-state index in [4.69, 9.17) is 14.2 Å². The average molecular weight is 419 g/mol. The molecule has 0 aromatic heterocycles. The van der Waals surface area contributed by atoms with Crippen molar-refractivity contribution in [2.24, 2.45) is 11.8 Å². The van der Waals surface area contributed by atoms with Gasteiger partial charge in [0.15, 0.2) is 11.5 Å². The number of hydrogen-bond donors (Lipinski definition) is 0. The van der Waals surface area contributed by atoms with Gasteiger partial charge in [0, 0.05) is 31.9 Å². The molecule has 31 heavy (non-hydrogen) atoms. The van der Waals surface area contributed by atoms with Crippen LogP contribution in [0.3, 0.4) is 0 Å². The number of anilines is 1. The molecular weight excluding hydrogens is 388 g/mol. The molecule has 0 bridgehead atoms. The molecule has 0 saturated carbocycles. The fourth-order valence-electron chi connectivity index (χ4n) is 5.25. The lowest BCUT2D eigenvalue weighted by molar-refractivity contribution is 0.0434. The SMILES string of the molecule is N#Cc1c(-c2ccc3c(c2)OCCO3)cccc1N1CCC(CC2CCCOC2)CC1. The smallest absolute Gasteiger partial charge is 0.161 e. The maximum atomic E-state index is 10.1. The van der Waals surface area contributed by atoms with Crippen molar-refractivity contribution in [3.8, 4) is 28.7 Å². The summed E-state index contributed by atoms with van der Waals surface area (Å²) in [5.74, 6) is 3.04. The van der Waals surface area contributed by atoms with Gasteiger partial charge in [-0.1, -0.05) is 18.2 Å². The molecule has 0 aliphatic carbocycles. The molecule has 2 aromatic rings. The van der Waals surface area contributed by atoms with Crippen LogP contribution in [0.4, 0.5) is 5.69 Å².